The lowest BCUT2D eigenvalue weighted by molar-refractivity contribution is -0.170. The molecule has 1 aliphatic rings. The SMILES string of the molecule is CCCC[C@H]1CO[C@H](C#Cc2ccc(-c3ccc(OC(F)F)cc3)nc2)OC1. The van der Waals surface area contributed by atoms with Crippen molar-refractivity contribution in [2.45, 2.75) is 39.1 Å². The number of unbranched alkanes of at least 4 members (excludes halogenated alkanes) is 1. The molecule has 0 spiro atoms. The van der Waals surface area contributed by atoms with Crippen LogP contribution in [0.2, 0.25) is 0 Å². The van der Waals surface area contributed by atoms with Gasteiger partial charge in [0, 0.05) is 23.2 Å². The molecule has 0 aliphatic carbocycles. The zero-order valence-corrected chi connectivity index (χ0v) is 15.7. The molecule has 0 atom stereocenters. The van der Waals surface area contributed by atoms with Gasteiger partial charge in [-0.15, -0.1) is 0 Å². The van der Waals surface area contributed by atoms with E-state index < -0.39 is 12.9 Å². The molecule has 1 fully saturated rings. The van der Waals surface area contributed by atoms with Crippen LogP contribution in [0.25, 0.3) is 11.3 Å². The minimum absolute atomic E-state index is 0.116. The molecule has 0 saturated carbocycles. The molecule has 0 unspecified atom stereocenters. The van der Waals surface area contributed by atoms with Gasteiger partial charge in [0.1, 0.15) is 5.75 Å². The summed E-state index contributed by atoms with van der Waals surface area (Å²) in [5.41, 5.74) is 2.28. The van der Waals surface area contributed by atoms with Gasteiger partial charge in [-0.05, 0) is 48.7 Å². The van der Waals surface area contributed by atoms with E-state index >= 15 is 0 Å². The first kappa shape index (κ1) is 20.2. The van der Waals surface area contributed by atoms with Crippen LogP contribution >= 0.6 is 0 Å². The molecule has 6 heteroatoms. The molecule has 2 heterocycles. The molecular formula is C22H23F2NO3. The van der Waals surface area contributed by atoms with E-state index in [9.17, 15) is 8.78 Å². The number of halogens is 2. The molecule has 1 aromatic heterocycles. The highest BCUT2D eigenvalue weighted by atomic mass is 19.3. The second kappa shape index (κ2) is 10.2. The summed E-state index contributed by atoms with van der Waals surface area (Å²) in [6, 6.07) is 10.0. The fourth-order valence-corrected chi connectivity index (χ4v) is 2.87. The van der Waals surface area contributed by atoms with Crippen molar-refractivity contribution in [3.05, 3.63) is 48.2 Å². The van der Waals surface area contributed by atoms with E-state index in [0.29, 0.717) is 19.1 Å². The van der Waals surface area contributed by atoms with Crippen LogP contribution in [0.1, 0.15) is 31.7 Å². The van der Waals surface area contributed by atoms with Gasteiger partial charge in [0.05, 0.1) is 18.9 Å². The molecule has 1 aliphatic heterocycles. The fourth-order valence-electron chi connectivity index (χ4n) is 2.87. The number of hydrogen-bond donors (Lipinski definition) is 0. The fraction of sp³-hybridized carbons (Fsp3) is 0.409. The lowest BCUT2D eigenvalue weighted by Crippen LogP contribution is -2.31. The van der Waals surface area contributed by atoms with E-state index in [1.807, 2.05) is 12.1 Å². The van der Waals surface area contributed by atoms with Gasteiger partial charge in [-0.25, -0.2) is 0 Å². The maximum Gasteiger partial charge on any atom is 0.387 e. The van der Waals surface area contributed by atoms with Gasteiger partial charge in [0.25, 0.3) is 0 Å². The minimum Gasteiger partial charge on any atom is -0.435 e. The molecular weight excluding hydrogens is 364 g/mol. The van der Waals surface area contributed by atoms with Crippen LogP contribution in [-0.4, -0.2) is 31.1 Å². The number of hydrogen-bond acceptors (Lipinski definition) is 4. The number of rotatable bonds is 6. The number of benzene rings is 1. The molecule has 0 radical (unpaired) electrons. The third-order valence-corrected chi connectivity index (χ3v) is 4.41. The molecule has 2 aromatic rings. The summed E-state index contributed by atoms with van der Waals surface area (Å²) in [5.74, 6) is 6.56. The third-order valence-electron chi connectivity index (χ3n) is 4.41. The van der Waals surface area contributed by atoms with Crippen LogP contribution in [0.15, 0.2) is 42.6 Å². The largest absolute Gasteiger partial charge is 0.435 e. The number of alkyl halides is 2. The molecule has 3 rings (SSSR count). The van der Waals surface area contributed by atoms with Gasteiger partial charge in [0.2, 0.25) is 6.29 Å². The summed E-state index contributed by atoms with van der Waals surface area (Å²) < 4.78 is 40.1. The number of nitrogens with zero attached hydrogens (tertiary/aromatic N) is 1. The lowest BCUT2D eigenvalue weighted by atomic mass is 10.0. The van der Waals surface area contributed by atoms with Gasteiger partial charge < -0.3 is 14.2 Å². The smallest absolute Gasteiger partial charge is 0.387 e. The maximum atomic E-state index is 12.2. The molecule has 4 nitrogen and oxygen atoms in total. The van der Waals surface area contributed by atoms with Gasteiger partial charge in [-0.1, -0.05) is 25.7 Å². The quantitative estimate of drug-likeness (QED) is 0.663. The normalized spacial score (nSPS) is 19.1. The average Bonchev–Trinajstić information content (AvgIpc) is 2.72. The molecule has 28 heavy (non-hydrogen) atoms. The van der Waals surface area contributed by atoms with Crippen LogP contribution < -0.4 is 4.74 Å². The van der Waals surface area contributed by atoms with E-state index in [-0.39, 0.29) is 5.75 Å². The van der Waals surface area contributed by atoms with Gasteiger partial charge in [-0.3, -0.25) is 4.98 Å². The van der Waals surface area contributed by atoms with Crippen LogP contribution in [0.5, 0.6) is 5.75 Å². The van der Waals surface area contributed by atoms with E-state index in [2.05, 4.69) is 28.5 Å². The Morgan fingerprint density at radius 3 is 2.50 bits per heavy atom. The van der Waals surface area contributed by atoms with E-state index in [4.69, 9.17) is 9.47 Å². The van der Waals surface area contributed by atoms with Crippen molar-refractivity contribution in [1.29, 1.82) is 0 Å². The Labute approximate surface area is 163 Å². The van der Waals surface area contributed by atoms with Gasteiger partial charge in [-0.2, -0.15) is 8.78 Å². The molecule has 1 saturated heterocycles. The summed E-state index contributed by atoms with van der Waals surface area (Å²) >= 11 is 0. The predicted molar refractivity (Wildman–Crippen MR) is 102 cm³/mol. The van der Waals surface area contributed by atoms with Gasteiger partial charge >= 0.3 is 6.61 Å². The van der Waals surface area contributed by atoms with Crippen molar-refractivity contribution in [3.8, 4) is 28.8 Å². The summed E-state index contributed by atoms with van der Waals surface area (Å²) in [6.07, 6.45) is 4.65. The summed E-state index contributed by atoms with van der Waals surface area (Å²) in [7, 11) is 0. The number of ether oxygens (including phenoxy) is 3. The first-order valence-corrected chi connectivity index (χ1v) is 9.40. The zero-order chi connectivity index (χ0) is 19.8. The first-order valence-electron chi connectivity index (χ1n) is 9.40. The van der Waals surface area contributed by atoms with Crippen molar-refractivity contribution in [3.63, 3.8) is 0 Å². The zero-order valence-electron chi connectivity index (χ0n) is 15.7. The first-order chi connectivity index (χ1) is 13.6. The Hall–Kier alpha value is -2.49. The monoisotopic (exact) mass is 387 g/mol. The second-order valence-corrected chi connectivity index (χ2v) is 6.61. The summed E-state index contributed by atoms with van der Waals surface area (Å²) in [6.45, 7) is 0.708. The predicted octanol–water partition coefficient (Wildman–Crippen LogP) is 4.88. The average molecular weight is 387 g/mol. The van der Waals surface area contributed by atoms with Crippen molar-refractivity contribution >= 4 is 0 Å². The van der Waals surface area contributed by atoms with Crippen LogP contribution in [0, 0.1) is 17.8 Å². The van der Waals surface area contributed by atoms with Crippen molar-refractivity contribution in [1.82, 2.24) is 4.98 Å². The Morgan fingerprint density at radius 2 is 1.89 bits per heavy atom. The minimum atomic E-state index is -2.83. The highest BCUT2D eigenvalue weighted by Gasteiger charge is 2.20. The van der Waals surface area contributed by atoms with E-state index in [1.165, 1.54) is 25.0 Å². The summed E-state index contributed by atoms with van der Waals surface area (Å²) in [4.78, 5) is 4.38. The Balaban J connectivity index is 1.55. The van der Waals surface area contributed by atoms with Crippen molar-refractivity contribution < 1.29 is 23.0 Å². The van der Waals surface area contributed by atoms with E-state index in [1.54, 1.807) is 18.3 Å². The van der Waals surface area contributed by atoms with Crippen LogP contribution in [-0.2, 0) is 9.47 Å². The second-order valence-electron chi connectivity index (χ2n) is 6.61. The van der Waals surface area contributed by atoms with Crippen LogP contribution in [0.3, 0.4) is 0 Å². The van der Waals surface area contributed by atoms with Crippen molar-refractivity contribution in [2.24, 2.45) is 5.92 Å². The molecule has 148 valence electrons. The van der Waals surface area contributed by atoms with Gasteiger partial charge in [0.15, 0.2) is 0 Å². The molecule has 0 N–H and O–H groups in total. The lowest BCUT2D eigenvalue weighted by Gasteiger charge is -2.26. The molecule has 1 aromatic carbocycles. The topological polar surface area (TPSA) is 40.6 Å². The third kappa shape index (κ3) is 6.01. The maximum absolute atomic E-state index is 12.2. The standard InChI is InChI=1S/C22H23F2NO3/c1-2-3-4-17-14-26-21(27-15-17)12-6-16-5-11-20(25-13-16)18-7-9-19(10-8-18)28-22(23)24/h5,7-11,13,17,21-22H,2-4,14-15H2,1H3/t17-,21-. The number of pyridine rings is 1. The Kier molecular flexibility index (Phi) is 7.35. The van der Waals surface area contributed by atoms with E-state index in [0.717, 1.165) is 23.2 Å². The van der Waals surface area contributed by atoms with Crippen molar-refractivity contribution in [2.75, 3.05) is 13.2 Å². The summed E-state index contributed by atoms with van der Waals surface area (Å²) in [5, 5.41) is 0. The highest BCUT2D eigenvalue weighted by Crippen LogP contribution is 2.22. The Bertz CT molecular complexity index is 789. The highest BCUT2D eigenvalue weighted by molar-refractivity contribution is 5.60. The van der Waals surface area contributed by atoms with Crippen LogP contribution in [0.4, 0.5) is 8.78 Å². The molecule has 0 amide bonds. The number of aromatic nitrogens is 1. The Morgan fingerprint density at radius 1 is 1.14 bits per heavy atom. The molecule has 0 bridgehead atoms.